The number of pyridine rings is 1. The van der Waals surface area contributed by atoms with Crippen LogP contribution in [0.15, 0.2) is 41.2 Å². The van der Waals surface area contributed by atoms with Gasteiger partial charge in [0.05, 0.1) is 7.11 Å². The van der Waals surface area contributed by atoms with Crippen LogP contribution >= 0.6 is 0 Å². The Morgan fingerprint density at radius 3 is 2.38 bits per heavy atom. The topological polar surface area (TPSA) is 68.5 Å². The molecule has 0 aliphatic rings. The molecule has 1 heterocycles. The molecule has 110 valence electrons. The number of esters is 1. The highest BCUT2D eigenvalue weighted by atomic mass is 16.5. The molecule has 1 N–H and O–H groups in total. The van der Waals surface area contributed by atoms with Crippen LogP contribution in [0.1, 0.15) is 30.2 Å². The smallest absolute Gasteiger partial charge is 0.343 e. The third-order valence-corrected chi connectivity index (χ3v) is 3.22. The van der Waals surface area contributed by atoms with Crippen molar-refractivity contribution in [3.05, 3.63) is 52.3 Å². The zero-order chi connectivity index (χ0) is 15.6. The quantitative estimate of drug-likeness (QED) is 0.881. The Morgan fingerprint density at radius 1 is 1.24 bits per heavy atom. The fourth-order valence-electron chi connectivity index (χ4n) is 2.26. The van der Waals surface area contributed by atoms with Crippen LogP contribution in [-0.4, -0.2) is 22.8 Å². The highest BCUT2D eigenvalue weighted by Gasteiger charge is 2.23. The fraction of sp³-hybridized carbons (Fsp3) is 0.250. The number of benzene rings is 1. The van der Waals surface area contributed by atoms with Crippen molar-refractivity contribution in [3.8, 4) is 17.0 Å². The maximum absolute atomic E-state index is 12.2. The van der Waals surface area contributed by atoms with Gasteiger partial charge in [0.25, 0.3) is 5.56 Å². The average molecular weight is 287 g/mol. The maximum atomic E-state index is 12.2. The van der Waals surface area contributed by atoms with Gasteiger partial charge >= 0.3 is 5.97 Å². The molecule has 0 unspecified atom stereocenters. The van der Waals surface area contributed by atoms with E-state index in [0.717, 1.165) is 0 Å². The second-order valence-electron chi connectivity index (χ2n) is 4.92. The molecular formula is C16H17NO4. The summed E-state index contributed by atoms with van der Waals surface area (Å²) >= 11 is 0. The van der Waals surface area contributed by atoms with E-state index in [1.807, 2.05) is 6.07 Å². The minimum Gasteiger partial charge on any atom is -0.494 e. The lowest BCUT2D eigenvalue weighted by molar-refractivity contribution is 0.0596. The summed E-state index contributed by atoms with van der Waals surface area (Å²) in [6.45, 7) is 3.51. The number of hydrogen-bond acceptors (Lipinski definition) is 4. The summed E-state index contributed by atoms with van der Waals surface area (Å²) in [5, 5.41) is 10.3. The molecule has 0 aliphatic heterocycles. The first-order chi connectivity index (χ1) is 9.97. The van der Waals surface area contributed by atoms with Crippen molar-refractivity contribution < 1.29 is 14.6 Å². The Kier molecular flexibility index (Phi) is 4.12. The first-order valence-electron chi connectivity index (χ1n) is 6.59. The third-order valence-electron chi connectivity index (χ3n) is 3.22. The van der Waals surface area contributed by atoms with Crippen molar-refractivity contribution in [1.82, 2.24) is 4.57 Å². The molecule has 5 heteroatoms. The predicted molar refractivity (Wildman–Crippen MR) is 79.5 cm³/mol. The molecular weight excluding hydrogens is 270 g/mol. The van der Waals surface area contributed by atoms with Crippen LogP contribution < -0.4 is 5.56 Å². The number of carbonyl (C=O) groups excluding carboxylic acids is 1. The second kappa shape index (κ2) is 5.83. The minimum atomic E-state index is -0.680. The van der Waals surface area contributed by atoms with Gasteiger partial charge in [-0.25, -0.2) is 4.79 Å². The van der Waals surface area contributed by atoms with Crippen LogP contribution in [0, 0.1) is 0 Å². The van der Waals surface area contributed by atoms with E-state index in [0.29, 0.717) is 11.1 Å². The van der Waals surface area contributed by atoms with E-state index in [1.54, 1.807) is 38.1 Å². The third kappa shape index (κ3) is 2.67. The van der Waals surface area contributed by atoms with E-state index in [1.165, 1.54) is 17.7 Å². The summed E-state index contributed by atoms with van der Waals surface area (Å²) in [4.78, 5) is 24.2. The van der Waals surface area contributed by atoms with Crippen molar-refractivity contribution in [3.63, 3.8) is 0 Å². The van der Waals surface area contributed by atoms with Crippen LogP contribution in [0.2, 0.25) is 0 Å². The van der Waals surface area contributed by atoms with E-state index < -0.39 is 5.97 Å². The van der Waals surface area contributed by atoms with Gasteiger partial charge in [-0.15, -0.1) is 0 Å². The first kappa shape index (κ1) is 14.8. The molecule has 0 radical (unpaired) electrons. The molecule has 5 nitrogen and oxygen atoms in total. The molecule has 0 amide bonds. The monoisotopic (exact) mass is 287 g/mol. The zero-order valence-electron chi connectivity index (χ0n) is 12.2. The Labute approximate surface area is 122 Å². The van der Waals surface area contributed by atoms with Crippen molar-refractivity contribution in [2.45, 2.75) is 19.9 Å². The maximum Gasteiger partial charge on any atom is 0.343 e. The highest BCUT2D eigenvalue weighted by molar-refractivity contribution is 5.99. The van der Waals surface area contributed by atoms with Crippen LogP contribution in [-0.2, 0) is 4.74 Å². The number of aromatic hydroxyl groups is 1. The van der Waals surface area contributed by atoms with E-state index in [4.69, 9.17) is 4.74 Å². The SMILES string of the molecule is COC(=O)c1c(-c2ccccc2)cc(=O)n(C(C)C)c1O. The lowest BCUT2D eigenvalue weighted by atomic mass is 10.0. The van der Waals surface area contributed by atoms with Gasteiger partial charge in [0.2, 0.25) is 5.88 Å². The van der Waals surface area contributed by atoms with E-state index >= 15 is 0 Å². The van der Waals surface area contributed by atoms with Crippen LogP contribution in [0.4, 0.5) is 0 Å². The van der Waals surface area contributed by atoms with Crippen LogP contribution in [0.25, 0.3) is 11.1 Å². The van der Waals surface area contributed by atoms with Crippen molar-refractivity contribution in [2.24, 2.45) is 0 Å². The van der Waals surface area contributed by atoms with Crippen molar-refractivity contribution >= 4 is 5.97 Å². The Hall–Kier alpha value is -2.56. The van der Waals surface area contributed by atoms with Gasteiger partial charge < -0.3 is 9.84 Å². The molecule has 0 fully saturated rings. The Morgan fingerprint density at radius 2 is 1.86 bits per heavy atom. The fourth-order valence-corrected chi connectivity index (χ4v) is 2.26. The lowest BCUT2D eigenvalue weighted by Gasteiger charge is -2.17. The highest BCUT2D eigenvalue weighted by Crippen LogP contribution is 2.30. The molecule has 0 saturated carbocycles. The number of ether oxygens (including phenoxy) is 1. The Bertz CT molecular complexity index is 717. The number of methoxy groups -OCH3 is 1. The second-order valence-corrected chi connectivity index (χ2v) is 4.92. The molecule has 1 aromatic carbocycles. The number of nitrogens with zero attached hydrogens (tertiary/aromatic N) is 1. The van der Waals surface area contributed by atoms with Gasteiger partial charge in [0.15, 0.2) is 0 Å². The molecule has 2 aromatic rings. The number of aromatic nitrogens is 1. The molecule has 0 saturated heterocycles. The summed E-state index contributed by atoms with van der Waals surface area (Å²) in [5.74, 6) is -1.05. The lowest BCUT2D eigenvalue weighted by Crippen LogP contribution is -2.24. The first-order valence-corrected chi connectivity index (χ1v) is 6.59. The summed E-state index contributed by atoms with van der Waals surface area (Å²) in [6.07, 6.45) is 0. The van der Waals surface area contributed by atoms with E-state index in [-0.39, 0.29) is 23.0 Å². The number of rotatable bonds is 3. The Balaban J connectivity index is 2.83. The van der Waals surface area contributed by atoms with Crippen molar-refractivity contribution in [1.29, 1.82) is 0 Å². The summed E-state index contributed by atoms with van der Waals surface area (Å²) in [5.41, 5.74) is 0.661. The summed E-state index contributed by atoms with van der Waals surface area (Å²) in [6, 6.07) is 10.0. The van der Waals surface area contributed by atoms with E-state index in [2.05, 4.69) is 0 Å². The van der Waals surface area contributed by atoms with Gasteiger partial charge in [-0.3, -0.25) is 9.36 Å². The standard InChI is InChI=1S/C16H17NO4/c1-10(2)17-13(18)9-12(11-7-5-4-6-8-11)14(15(17)19)16(20)21-3/h4-10,19H,1-3H3. The molecule has 0 bridgehead atoms. The van der Waals surface area contributed by atoms with Gasteiger partial charge in [-0.05, 0) is 19.4 Å². The zero-order valence-corrected chi connectivity index (χ0v) is 12.2. The van der Waals surface area contributed by atoms with Crippen LogP contribution in [0.3, 0.4) is 0 Å². The summed E-state index contributed by atoms with van der Waals surface area (Å²) in [7, 11) is 1.24. The normalized spacial score (nSPS) is 10.7. The van der Waals surface area contributed by atoms with Crippen LogP contribution in [0.5, 0.6) is 5.88 Å². The molecule has 0 aliphatic carbocycles. The number of carbonyl (C=O) groups is 1. The average Bonchev–Trinajstić information content (AvgIpc) is 2.46. The largest absolute Gasteiger partial charge is 0.494 e. The van der Waals surface area contributed by atoms with Gasteiger partial charge in [0.1, 0.15) is 5.56 Å². The molecule has 2 rings (SSSR count). The van der Waals surface area contributed by atoms with Gasteiger partial charge in [0, 0.05) is 17.7 Å². The minimum absolute atomic E-state index is 0.00278. The predicted octanol–water partition coefficient (Wildman–Crippen LogP) is 2.59. The van der Waals surface area contributed by atoms with Gasteiger partial charge in [-0.1, -0.05) is 30.3 Å². The molecule has 0 spiro atoms. The number of hydrogen-bond donors (Lipinski definition) is 1. The van der Waals surface area contributed by atoms with Crippen molar-refractivity contribution in [2.75, 3.05) is 7.11 Å². The molecule has 0 atom stereocenters. The molecule has 21 heavy (non-hydrogen) atoms. The molecule has 1 aromatic heterocycles. The van der Waals surface area contributed by atoms with E-state index in [9.17, 15) is 14.7 Å². The van der Waals surface area contributed by atoms with Gasteiger partial charge in [-0.2, -0.15) is 0 Å². The summed E-state index contributed by atoms with van der Waals surface area (Å²) < 4.78 is 5.90.